The average Bonchev–Trinajstić information content (AvgIpc) is 1.38. The van der Waals surface area contributed by atoms with E-state index < -0.39 is 95.0 Å². The summed E-state index contributed by atoms with van der Waals surface area (Å²) in [7, 11) is 0. The lowest BCUT2D eigenvalue weighted by Crippen LogP contribution is -2.76. The van der Waals surface area contributed by atoms with Crippen LogP contribution in [0.3, 0.4) is 0 Å². The van der Waals surface area contributed by atoms with Crippen molar-refractivity contribution in [3.05, 3.63) is 33.9 Å². The Morgan fingerprint density at radius 1 is 0.224 bits per heavy atom. The van der Waals surface area contributed by atoms with E-state index in [0.29, 0.717) is 0 Å². The average molecular weight is 1330 g/mol. The highest BCUT2D eigenvalue weighted by molar-refractivity contribution is 6.82. The van der Waals surface area contributed by atoms with Gasteiger partial charge in [0.25, 0.3) is 0 Å². The molecule has 98 heavy (non-hydrogen) atoms. The molecule has 0 heterocycles. The molecule has 0 radical (unpaired) electrons. The fraction of sp³-hybridized carbons (Fsp3) is 0.221. The van der Waals surface area contributed by atoms with Crippen LogP contribution in [0.5, 0.6) is 0 Å². The van der Waals surface area contributed by atoms with E-state index in [1.807, 2.05) is 0 Å². The summed E-state index contributed by atoms with van der Waals surface area (Å²) in [6, 6.07) is 0. The molecule has 6 aliphatic rings. The van der Waals surface area contributed by atoms with Crippen molar-refractivity contribution in [2.45, 2.75) is 89.6 Å². The molecule has 28 aromatic rings. The monoisotopic (exact) mass is 1330 g/mol. The Kier molecular flexibility index (Phi) is 5.06. The van der Waals surface area contributed by atoms with Crippen molar-refractivity contribution in [3.8, 4) is 0 Å². The Bertz CT molecular complexity index is 8270. The number of allylic oxidation sites excluding steroid dienone is 2. The van der Waals surface area contributed by atoms with E-state index >= 15 is 43.9 Å². The van der Waals surface area contributed by atoms with Crippen LogP contribution in [0.4, 0.5) is 92.2 Å². The number of benzene rings is 18. The molecule has 0 aliphatic heterocycles. The molecule has 2 atom stereocenters. The van der Waals surface area contributed by atoms with E-state index in [9.17, 15) is 48.3 Å². The third-order valence-electron chi connectivity index (χ3n) is 30.2. The number of halogens is 21. The molecule has 34 rings (SSSR count). The minimum Gasteiger partial charge on any atom is -0.200 e. The van der Waals surface area contributed by atoms with E-state index in [1.165, 1.54) is 172 Å². The van der Waals surface area contributed by atoms with Gasteiger partial charge in [0.05, 0.1) is 0 Å². The lowest BCUT2D eigenvalue weighted by atomic mass is 9.44. The van der Waals surface area contributed by atoms with Gasteiger partial charge in [-0.05, 0) is 338 Å². The molecule has 28 aromatic carbocycles. The highest BCUT2D eigenvalue weighted by Gasteiger charge is 2.98. The number of fused-ring (bicyclic) bond motifs is 2. The molecule has 6 aliphatic carbocycles. The molecule has 0 amide bonds. The van der Waals surface area contributed by atoms with Crippen molar-refractivity contribution in [1.29, 1.82) is 0 Å². The molecule has 2 bridgehead atoms. The van der Waals surface area contributed by atoms with Gasteiger partial charge in [-0.1, -0.05) is 11.6 Å². The summed E-state index contributed by atoms with van der Waals surface area (Å²) < 4.78 is 314. The van der Waals surface area contributed by atoms with Crippen molar-refractivity contribution < 1.29 is 92.2 Å². The molecule has 2 spiro atoms. The fourth-order valence-electron chi connectivity index (χ4n) is 28.6. The molecule has 21 heteroatoms. The SMILES string of the molecule is FC(F)(F)C(F)(F)C(F)(F)C(F)(F)C(F)(F)C(F)(F)C(F)(F)C(F)(F)C(F)(F)C(F)(F)CCC1=C[C@H]2C[C@@H]1C13c4c5c6c7c8c9c(c%10c%11c1c1c4c4c%12c5c5c6c6c8c8c%13c9c9c%10c%10c%11c%11c1c1c4c4c%12c%12c5c5c6c8c6c8c%13c9c9c%10c%10c%11c1c1c4c4c%12c5c6c5c8c9c%10c1c45)C723. The lowest BCUT2D eigenvalue weighted by molar-refractivity contribution is -0.474. The molecule has 0 saturated heterocycles. The first-order chi connectivity index (χ1) is 46.3. The highest BCUT2D eigenvalue weighted by atomic mass is 19.4. The largest absolute Gasteiger partial charge is 0.460 e. The Morgan fingerprint density at radius 2 is 0.398 bits per heavy atom. The maximum Gasteiger partial charge on any atom is 0.460 e. The van der Waals surface area contributed by atoms with Gasteiger partial charge in [0.1, 0.15) is 0 Å². The molecule has 0 N–H and O–H groups in total. The van der Waals surface area contributed by atoms with Gasteiger partial charge in [-0.3, -0.25) is 0 Å². The zero-order chi connectivity index (χ0) is 65.0. The Balaban J connectivity index is 0.715. The summed E-state index contributed by atoms with van der Waals surface area (Å²) in [5, 5.41) is 64.2. The summed E-state index contributed by atoms with van der Waals surface area (Å²) in [6.07, 6.45) is -10.2. The molecular formula is C77H9F21. The van der Waals surface area contributed by atoms with Crippen LogP contribution < -0.4 is 0 Å². The van der Waals surface area contributed by atoms with Gasteiger partial charge in [-0.2, -0.15) is 92.2 Å². The van der Waals surface area contributed by atoms with Gasteiger partial charge in [-0.15, -0.1) is 0 Å². The van der Waals surface area contributed by atoms with Crippen molar-refractivity contribution in [2.75, 3.05) is 0 Å². The molecule has 0 nitrogen and oxygen atoms in total. The lowest BCUT2D eigenvalue weighted by Gasteiger charge is -2.56. The van der Waals surface area contributed by atoms with Crippen molar-refractivity contribution in [3.63, 3.8) is 0 Å². The van der Waals surface area contributed by atoms with E-state index in [0.717, 1.165) is 141 Å². The maximum absolute atomic E-state index is 16.9. The molecule has 1 fully saturated rings. The van der Waals surface area contributed by atoms with Crippen LogP contribution in [0.2, 0.25) is 0 Å². The van der Waals surface area contributed by atoms with Gasteiger partial charge >= 0.3 is 59.5 Å². The second-order valence-electron chi connectivity index (χ2n) is 31.8. The zero-order valence-electron chi connectivity index (χ0n) is 47.3. The van der Waals surface area contributed by atoms with Crippen LogP contribution in [0.1, 0.15) is 41.5 Å². The van der Waals surface area contributed by atoms with Crippen molar-refractivity contribution in [2.24, 2.45) is 11.8 Å². The Hall–Kier alpha value is -9.27. The van der Waals surface area contributed by atoms with Gasteiger partial charge in [0.15, 0.2) is 0 Å². The Labute approximate surface area is 516 Å². The third-order valence-corrected chi connectivity index (χ3v) is 30.2. The molecular weight excluding hydrogens is 1320 g/mol. The zero-order valence-corrected chi connectivity index (χ0v) is 47.3. The number of hydrogen-bond acceptors (Lipinski definition) is 0. The molecule has 464 valence electrons. The first kappa shape index (κ1) is 46.9. The highest BCUT2D eigenvalue weighted by Crippen LogP contribution is 2.90. The second-order valence-corrected chi connectivity index (χ2v) is 31.8. The summed E-state index contributed by atoms with van der Waals surface area (Å²) in [5.41, 5.74) is 1.56. The van der Waals surface area contributed by atoms with Crippen LogP contribution in [0.25, 0.3) is 291 Å². The number of alkyl halides is 21. The van der Waals surface area contributed by atoms with Crippen LogP contribution in [-0.2, 0) is 10.8 Å². The van der Waals surface area contributed by atoms with E-state index in [1.54, 1.807) is 6.08 Å². The predicted molar refractivity (Wildman–Crippen MR) is 333 cm³/mol. The summed E-state index contributed by atoms with van der Waals surface area (Å²) in [4.78, 5) is 0. The fourth-order valence-corrected chi connectivity index (χ4v) is 28.6. The van der Waals surface area contributed by atoms with Crippen LogP contribution in [0.15, 0.2) is 11.6 Å². The minimum atomic E-state index is -9.23. The van der Waals surface area contributed by atoms with E-state index in [-0.39, 0.29) is 12.0 Å². The van der Waals surface area contributed by atoms with Crippen LogP contribution in [0, 0.1) is 11.8 Å². The molecule has 0 unspecified atom stereocenters. The number of rotatable bonds is 11. The van der Waals surface area contributed by atoms with Crippen molar-refractivity contribution >= 4 is 291 Å². The first-order valence-corrected chi connectivity index (χ1v) is 32.2. The smallest absolute Gasteiger partial charge is 0.200 e. The second kappa shape index (κ2) is 10.6. The van der Waals surface area contributed by atoms with Crippen LogP contribution in [-0.4, -0.2) is 59.5 Å². The van der Waals surface area contributed by atoms with Gasteiger partial charge in [0.2, 0.25) is 0 Å². The molecule has 1 saturated carbocycles. The third kappa shape index (κ3) is 2.83. The summed E-state index contributed by atoms with van der Waals surface area (Å²) in [6.45, 7) is 0. The molecule has 0 aromatic heterocycles. The summed E-state index contributed by atoms with van der Waals surface area (Å²) >= 11 is 0. The van der Waals surface area contributed by atoms with Gasteiger partial charge in [0, 0.05) is 17.3 Å². The summed E-state index contributed by atoms with van der Waals surface area (Å²) in [5.74, 6) is -79.2. The van der Waals surface area contributed by atoms with Gasteiger partial charge < -0.3 is 0 Å². The predicted octanol–water partition coefficient (Wildman–Crippen LogP) is 24.9. The first-order valence-electron chi connectivity index (χ1n) is 32.2. The minimum absolute atomic E-state index is 0.0204. The topological polar surface area (TPSA) is 0 Å². The number of hydrogen-bond donors (Lipinski definition) is 0. The quantitative estimate of drug-likeness (QED) is 0.0688. The van der Waals surface area contributed by atoms with Gasteiger partial charge in [-0.25, -0.2) is 0 Å². The van der Waals surface area contributed by atoms with Crippen LogP contribution >= 0.6 is 0 Å². The standard InChI is InChI=1S/C77H9F21/c78-66(79,69(80,81)70(82,83)71(84,85)72(86,87)73(88,89)74(90,91)75(92,93)76(94,95)77(96,97)98)2-1-5-3-6-4-7(5)68-64-58-52-42-34-24-16-12-9-8-10-14(16)22-30(24)44(52)50-40-32(22)26-18(10)19-11(8)15-17-13(9)21-20(12)28(34)38-39-29(21)35-25(17)31-23(15)33-27(19)37-36(26)46(40)54-55-47(37)41(33)51-45(31)53-43(35)49(39)61(60(64)48(38)42)65(68)59(53)57(51)63(55)67(6,68)62(54)56(50)58/h3,6-7H,1-2,4H2/t6-,7-,67?,68?/m0/s1. The van der Waals surface area contributed by atoms with E-state index in [2.05, 4.69) is 0 Å². The van der Waals surface area contributed by atoms with E-state index in [4.69, 9.17) is 0 Å². The normalized spacial score (nSPS) is 23.3. The maximum atomic E-state index is 16.9. The van der Waals surface area contributed by atoms with Crippen molar-refractivity contribution in [1.82, 2.24) is 0 Å². The Morgan fingerprint density at radius 3 is 0.602 bits per heavy atom.